The van der Waals surface area contributed by atoms with Crippen LogP contribution in [0.4, 0.5) is 11.6 Å². The molecule has 0 atom stereocenters. The second-order valence-corrected chi connectivity index (χ2v) is 6.72. The average molecular weight is 355 g/mol. The molecule has 2 heterocycles. The number of imidazole rings is 1. The molecule has 0 radical (unpaired) electrons. The van der Waals surface area contributed by atoms with Crippen LogP contribution in [0, 0.1) is 5.92 Å². The van der Waals surface area contributed by atoms with E-state index in [1.54, 1.807) is 6.07 Å². The van der Waals surface area contributed by atoms with Crippen molar-refractivity contribution < 1.29 is 4.79 Å². The summed E-state index contributed by atoms with van der Waals surface area (Å²) >= 11 is 6.11. The third-order valence-electron chi connectivity index (χ3n) is 4.67. The van der Waals surface area contributed by atoms with Gasteiger partial charge in [0.15, 0.2) is 0 Å². The van der Waals surface area contributed by atoms with E-state index in [9.17, 15) is 4.79 Å². The Bertz CT molecular complexity index is 866. The second-order valence-electron chi connectivity index (χ2n) is 6.31. The van der Waals surface area contributed by atoms with Gasteiger partial charge in [-0.3, -0.25) is 4.79 Å². The summed E-state index contributed by atoms with van der Waals surface area (Å²) in [5, 5.41) is 3.51. The molecule has 5 nitrogen and oxygen atoms in total. The zero-order valence-corrected chi connectivity index (χ0v) is 14.5. The number of hydrogen-bond donors (Lipinski definition) is 2. The second kappa shape index (κ2) is 6.76. The molecule has 1 aliphatic rings. The standard InChI is InChI=1S/C19H19ClN4O/c20-14-5-1-2-6-15(14)21-18(25)13-9-11-24(12-10-13)19-22-16-7-3-4-8-17(16)23-19/h1-8,13H,9-12H2,(H,21,25)(H,22,23). The van der Waals surface area contributed by atoms with E-state index < -0.39 is 0 Å². The number of piperidine rings is 1. The van der Waals surface area contributed by atoms with E-state index in [0.29, 0.717) is 10.7 Å². The van der Waals surface area contributed by atoms with Gasteiger partial charge in [0.1, 0.15) is 0 Å². The lowest BCUT2D eigenvalue weighted by molar-refractivity contribution is -0.120. The summed E-state index contributed by atoms with van der Waals surface area (Å²) in [4.78, 5) is 22.7. The molecule has 1 amide bonds. The van der Waals surface area contributed by atoms with Gasteiger partial charge in [0, 0.05) is 19.0 Å². The van der Waals surface area contributed by atoms with Gasteiger partial charge in [0.05, 0.1) is 21.7 Å². The van der Waals surface area contributed by atoms with E-state index in [1.165, 1.54) is 0 Å². The number of halogens is 1. The highest BCUT2D eigenvalue weighted by atomic mass is 35.5. The summed E-state index contributed by atoms with van der Waals surface area (Å²) in [6, 6.07) is 15.3. The molecule has 0 aliphatic carbocycles. The minimum Gasteiger partial charge on any atom is -0.342 e. The Labute approximate surface area is 151 Å². The Balaban J connectivity index is 1.39. The van der Waals surface area contributed by atoms with Crippen LogP contribution in [-0.4, -0.2) is 29.0 Å². The Morgan fingerprint density at radius 3 is 2.60 bits per heavy atom. The van der Waals surface area contributed by atoms with Gasteiger partial charge in [-0.15, -0.1) is 0 Å². The van der Waals surface area contributed by atoms with Crippen LogP contribution in [0.3, 0.4) is 0 Å². The minimum absolute atomic E-state index is 0.00287. The van der Waals surface area contributed by atoms with Crippen LogP contribution in [0.5, 0.6) is 0 Å². The normalized spacial score (nSPS) is 15.5. The number of fused-ring (bicyclic) bond motifs is 1. The van der Waals surface area contributed by atoms with Crippen molar-refractivity contribution in [1.29, 1.82) is 0 Å². The van der Waals surface area contributed by atoms with E-state index in [-0.39, 0.29) is 11.8 Å². The summed E-state index contributed by atoms with van der Waals surface area (Å²) in [6.07, 6.45) is 1.60. The number of H-pyrrole nitrogens is 1. The lowest BCUT2D eigenvalue weighted by atomic mass is 9.96. The van der Waals surface area contributed by atoms with Crippen LogP contribution in [-0.2, 0) is 4.79 Å². The van der Waals surface area contributed by atoms with Crippen molar-refractivity contribution in [3.63, 3.8) is 0 Å². The number of hydrogen-bond acceptors (Lipinski definition) is 3. The van der Waals surface area contributed by atoms with Gasteiger partial charge in [-0.2, -0.15) is 0 Å². The summed E-state index contributed by atoms with van der Waals surface area (Å²) in [5.74, 6) is 0.917. The average Bonchev–Trinajstić information content (AvgIpc) is 3.08. The number of aromatic amines is 1. The maximum atomic E-state index is 12.5. The Morgan fingerprint density at radius 2 is 1.84 bits per heavy atom. The number of amides is 1. The third kappa shape index (κ3) is 3.33. The summed E-state index contributed by atoms with van der Waals surface area (Å²) < 4.78 is 0. The Kier molecular flexibility index (Phi) is 4.32. The predicted octanol–water partition coefficient (Wildman–Crippen LogP) is 4.07. The van der Waals surface area contributed by atoms with Crippen molar-refractivity contribution >= 4 is 40.2 Å². The number of para-hydroxylation sites is 3. The first-order chi connectivity index (χ1) is 12.2. The van der Waals surface area contributed by atoms with Crippen LogP contribution < -0.4 is 10.2 Å². The van der Waals surface area contributed by atoms with E-state index in [1.807, 2.05) is 42.5 Å². The van der Waals surface area contributed by atoms with Crippen LogP contribution in [0.25, 0.3) is 11.0 Å². The molecule has 0 saturated carbocycles. The van der Waals surface area contributed by atoms with E-state index in [4.69, 9.17) is 11.6 Å². The molecule has 128 valence electrons. The van der Waals surface area contributed by atoms with Crippen LogP contribution in [0.1, 0.15) is 12.8 Å². The molecule has 4 rings (SSSR count). The lowest BCUT2D eigenvalue weighted by Gasteiger charge is -2.31. The van der Waals surface area contributed by atoms with Crippen LogP contribution in [0.15, 0.2) is 48.5 Å². The molecule has 1 saturated heterocycles. The quantitative estimate of drug-likeness (QED) is 0.745. The molecule has 0 spiro atoms. The molecular formula is C19H19ClN4O. The first kappa shape index (κ1) is 16.0. The highest BCUT2D eigenvalue weighted by Gasteiger charge is 2.26. The lowest BCUT2D eigenvalue weighted by Crippen LogP contribution is -2.38. The number of anilines is 2. The van der Waals surface area contributed by atoms with Gasteiger partial charge < -0.3 is 15.2 Å². The largest absolute Gasteiger partial charge is 0.342 e. The summed E-state index contributed by atoms with van der Waals surface area (Å²) in [6.45, 7) is 1.61. The van der Waals surface area contributed by atoms with Crippen molar-refractivity contribution in [3.05, 3.63) is 53.6 Å². The zero-order chi connectivity index (χ0) is 17.2. The number of benzene rings is 2. The van der Waals surface area contributed by atoms with Crippen molar-refractivity contribution in [2.24, 2.45) is 5.92 Å². The highest BCUT2D eigenvalue weighted by molar-refractivity contribution is 6.33. The maximum absolute atomic E-state index is 12.5. The van der Waals surface area contributed by atoms with Crippen LogP contribution in [0.2, 0.25) is 5.02 Å². The monoisotopic (exact) mass is 354 g/mol. The predicted molar refractivity (Wildman–Crippen MR) is 101 cm³/mol. The zero-order valence-electron chi connectivity index (χ0n) is 13.7. The van der Waals surface area contributed by atoms with Crippen molar-refractivity contribution in [3.8, 4) is 0 Å². The first-order valence-electron chi connectivity index (χ1n) is 8.46. The minimum atomic E-state index is -0.00287. The van der Waals surface area contributed by atoms with E-state index in [2.05, 4.69) is 20.2 Å². The van der Waals surface area contributed by atoms with Gasteiger partial charge in [0.25, 0.3) is 0 Å². The van der Waals surface area contributed by atoms with Gasteiger partial charge in [-0.05, 0) is 37.1 Å². The fourth-order valence-corrected chi connectivity index (χ4v) is 3.42. The molecule has 1 aliphatic heterocycles. The van der Waals surface area contributed by atoms with Gasteiger partial charge in [-0.1, -0.05) is 35.9 Å². The highest BCUT2D eigenvalue weighted by Crippen LogP contribution is 2.26. The fraction of sp³-hybridized carbons (Fsp3) is 0.263. The molecule has 6 heteroatoms. The van der Waals surface area contributed by atoms with Gasteiger partial charge in [0.2, 0.25) is 11.9 Å². The Morgan fingerprint density at radius 1 is 1.12 bits per heavy atom. The SMILES string of the molecule is O=C(Nc1ccccc1Cl)C1CCN(c2nc3ccccc3[nH]2)CC1. The molecule has 25 heavy (non-hydrogen) atoms. The molecule has 0 unspecified atom stereocenters. The summed E-state index contributed by atoms with van der Waals surface area (Å²) in [5.41, 5.74) is 2.68. The molecule has 3 aromatic rings. The number of carbonyl (C=O) groups excluding carboxylic acids is 1. The number of aromatic nitrogens is 2. The first-order valence-corrected chi connectivity index (χ1v) is 8.83. The number of rotatable bonds is 3. The van der Waals surface area contributed by atoms with Crippen LogP contribution >= 0.6 is 11.6 Å². The molecule has 1 fully saturated rings. The molecular weight excluding hydrogens is 336 g/mol. The topological polar surface area (TPSA) is 61.0 Å². The van der Waals surface area contributed by atoms with Crippen molar-refractivity contribution in [2.75, 3.05) is 23.3 Å². The van der Waals surface area contributed by atoms with Crippen molar-refractivity contribution in [1.82, 2.24) is 9.97 Å². The van der Waals surface area contributed by atoms with E-state index >= 15 is 0 Å². The molecule has 2 N–H and O–H groups in total. The Hall–Kier alpha value is -2.53. The maximum Gasteiger partial charge on any atom is 0.227 e. The number of nitrogens with one attached hydrogen (secondary N) is 2. The molecule has 2 aromatic carbocycles. The van der Waals surface area contributed by atoms with E-state index in [0.717, 1.165) is 42.9 Å². The third-order valence-corrected chi connectivity index (χ3v) is 5.00. The summed E-state index contributed by atoms with van der Waals surface area (Å²) in [7, 11) is 0. The van der Waals surface area contributed by atoms with Crippen molar-refractivity contribution in [2.45, 2.75) is 12.8 Å². The molecule has 1 aromatic heterocycles. The van der Waals surface area contributed by atoms with Gasteiger partial charge in [-0.25, -0.2) is 4.98 Å². The number of carbonyl (C=O) groups is 1. The molecule has 0 bridgehead atoms. The fourth-order valence-electron chi connectivity index (χ4n) is 3.24. The smallest absolute Gasteiger partial charge is 0.227 e. The number of nitrogens with zero attached hydrogens (tertiary/aromatic N) is 2. The van der Waals surface area contributed by atoms with Gasteiger partial charge >= 0.3 is 0 Å².